The zero-order valence-corrected chi connectivity index (χ0v) is 23.8. The van der Waals surface area contributed by atoms with Crippen molar-refractivity contribution < 1.29 is 32.9 Å². The number of amides is 1. The number of pyridine rings is 2. The van der Waals surface area contributed by atoms with E-state index in [-0.39, 0.29) is 17.1 Å². The minimum Gasteiger partial charge on any atom is -0.494 e. The second kappa shape index (κ2) is 12.6. The second-order valence-corrected chi connectivity index (χ2v) is 10.1. The number of carbonyl (C=O) groups is 2. The first kappa shape index (κ1) is 30.1. The number of methoxy groups -OCH3 is 2. The van der Waals surface area contributed by atoms with E-state index in [4.69, 9.17) is 24.7 Å². The predicted molar refractivity (Wildman–Crippen MR) is 148 cm³/mol. The van der Waals surface area contributed by atoms with Crippen molar-refractivity contribution in [2.45, 2.75) is 45.8 Å². The van der Waals surface area contributed by atoms with Crippen LogP contribution in [-0.4, -0.2) is 60.3 Å². The van der Waals surface area contributed by atoms with Gasteiger partial charge in [0, 0.05) is 48.6 Å². The highest BCUT2D eigenvalue weighted by molar-refractivity contribution is 5.91. The van der Waals surface area contributed by atoms with Crippen LogP contribution in [0.1, 0.15) is 55.4 Å². The van der Waals surface area contributed by atoms with Crippen LogP contribution in [0.25, 0.3) is 11.1 Å². The van der Waals surface area contributed by atoms with E-state index >= 15 is 0 Å². The molecule has 3 aromatic rings. The highest BCUT2D eigenvalue weighted by atomic mass is 19.1. The second-order valence-electron chi connectivity index (χ2n) is 10.1. The fourth-order valence-corrected chi connectivity index (χ4v) is 3.84. The quantitative estimate of drug-likeness (QED) is 0.355. The molecule has 2 aromatic heterocycles. The first-order valence-electron chi connectivity index (χ1n) is 12.6. The topological polar surface area (TPSA) is 126 Å². The van der Waals surface area contributed by atoms with Crippen LogP contribution in [0.4, 0.5) is 15.0 Å². The smallest absolute Gasteiger partial charge is 0.410 e. The van der Waals surface area contributed by atoms with Gasteiger partial charge >= 0.3 is 12.1 Å². The Morgan fingerprint density at radius 1 is 1.07 bits per heavy atom. The summed E-state index contributed by atoms with van der Waals surface area (Å²) in [7, 11) is 4.44. The Hall–Kier alpha value is -4.41. The van der Waals surface area contributed by atoms with E-state index in [1.165, 1.54) is 37.3 Å². The molecule has 0 saturated carbocycles. The van der Waals surface area contributed by atoms with Crippen LogP contribution < -0.4 is 15.2 Å². The van der Waals surface area contributed by atoms with Gasteiger partial charge < -0.3 is 29.6 Å². The molecular formula is C29H35FN4O6. The molecule has 0 aliphatic carbocycles. The van der Waals surface area contributed by atoms with Gasteiger partial charge in [0.1, 0.15) is 23.3 Å². The number of aromatic nitrogens is 2. The summed E-state index contributed by atoms with van der Waals surface area (Å²) in [5.74, 6) is -0.303. The average molecular weight is 555 g/mol. The van der Waals surface area contributed by atoms with E-state index in [1.807, 2.05) is 26.8 Å². The van der Waals surface area contributed by atoms with E-state index in [0.717, 1.165) is 0 Å². The van der Waals surface area contributed by atoms with Gasteiger partial charge in [0.15, 0.2) is 11.6 Å². The summed E-state index contributed by atoms with van der Waals surface area (Å²) in [5, 5.41) is 0. The highest BCUT2D eigenvalue weighted by Crippen LogP contribution is 2.35. The molecule has 2 heterocycles. The zero-order valence-electron chi connectivity index (χ0n) is 23.8. The summed E-state index contributed by atoms with van der Waals surface area (Å²) in [4.78, 5) is 34.7. The third-order valence-electron chi connectivity index (χ3n) is 5.91. The van der Waals surface area contributed by atoms with Crippen molar-refractivity contribution in [3.8, 4) is 22.6 Å². The van der Waals surface area contributed by atoms with Crippen molar-refractivity contribution in [1.82, 2.24) is 14.9 Å². The van der Waals surface area contributed by atoms with Crippen LogP contribution in [0.3, 0.4) is 0 Å². The molecule has 214 valence electrons. The fraction of sp³-hybridized carbons (Fsp3) is 0.379. The van der Waals surface area contributed by atoms with E-state index in [2.05, 4.69) is 9.97 Å². The van der Waals surface area contributed by atoms with Gasteiger partial charge in [-0.1, -0.05) is 0 Å². The number of likely N-dealkylation sites (N-methyl/N-ethyl adjacent to an activating group) is 1. The van der Waals surface area contributed by atoms with Crippen LogP contribution >= 0.6 is 0 Å². The summed E-state index contributed by atoms with van der Waals surface area (Å²) in [6.07, 6.45) is 2.44. The Bertz CT molecular complexity index is 1380. The number of nitrogens with zero attached hydrogens (tertiary/aromatic N) is 3. The zero-order chi connectivity index (χ0) is 29.6. The third kappa shape index (κ3) is 7.58. The van der Waals surface area contributed by atoms with E-state index in [9.17, 15) is 14.0 Å². The number of nitrogen functional groups attached to an aromatic ring is 1. The third-order valence-corrected chi connectivity index (χ3v) is 5.91. The van der Waals surface area contributed by atoms with Gasteiger partial charge in [-0.25, -0.2) is 19.0 Å². The van der Waals surface area contributed by atoms with Crippen molar-refractivity contribution in [1.29, 1.82) is 0 Å². The van der Waals surface area contributed by atoms with Gasteiger partial charge in [-0.15, -0.1) is 0 Å². The summed E-state index contributed by atoms with van der Waals surface area (Å²) >= 11 is 0. The van der Waals surface area contributed by atoms with Crippen molar-refractivity contribution in [3.05, 3.63) is 65.4 Å². The first-order chi connectivity index (χ1) is 18.8. The lowest BCUT2D eigenvalue weighted by molar-refractivity contribution is 0.0300. The number of anilines is 1. The number of halogens is 1. The number of nitrogens with two attached hydrogens (primary N) is 1. The first-order valence-corrected chi connectivity index (χ1v) is 12.6. The molecule has 11 heteroatoms. The van der Waals surface area contributed by atoms with Gasteiger partial charge in [-0.2, -0.15) is 0 Å². The molecule has 10 nitrogen and oxygen atoms in total. The maximum absolute atomic E-state index is 14.0. The fourth-order valence-electron chi connectivity index (χ4n) is 3.84. The molecule has 0 radical (unpaired) electrons. The molecule has 0 bridgehead atoms. The number of benzene rings is 1. The number of hydrogen-bond acceptors (Lipinski definition) is 9. The Morgan fingerprint density at radius 3 is 2.45 bits per heavy atom. The monoisotopic (exact) mass is 554 g/mol. The maximum Gasteiger partial charge on any atom is 0.410 e. The van der Waals surface area contributed by atoms with Gasteiger partial charge in [0.05, 0.1) is 26.0 Å². The molecule has 0 fully saturated rings. The van der Waals surface area contributed by atoms with Gasteiger partial charge in [-0.3, -0.25) is 4.98 Å². The molecule has 2 N–H and O–H groups in total. The standard InChI is InChI=1S/C29H35FN4O6/c1-17(22-13-19(30)8-9-21(22)27(35)38-7)39-24-12-18(15-33-26(24)31)23-14-20(32-16-25(23)37-6)10-11-34(5)28(36)40-29(2,3)4/h8-9,12-17H,10-11H2,1-7H3,(H2,31,33)/t17-/m1/s1. The summed E-state index contributed by atoms with van der Waals surface area (Å²) in [6.45, 7) is 7.48. The molecule has 3 rings (SSSR count). The molecule has 1 atom stereocenters. The Kier molecular flexibility index (Phi) is 9.51. The number of rotatable bonds is 9. The van der Waals surface area contributed by atoms with Gasteiger partial charge in [0.2, 0.25) is 0 Å². The van der Waals surface area contributed by atoms with Crippen molar-refractivity contribution in [2.75, 3.05) is 33.5 Å². The van der Waals surface area contributed by atoms with Crippen LogP contribution in [-0.2, 0) is 15.9 Å². The normalized spacial score (nSPS) is 11.9. The molecule has 0 unspecified atom stereocenters. The van der Waals surface area contributed by atoms with Gasteiger partial charge in [0.25, 0.3) is 0 Å². The number of ether oxygens (including phenoxy) is 4. The van der Waals surface area contributed by atoms with E-state index in [0.29, 0.717) is 41.1 Å². The molecule has 1 amide bonds. The van der Waals surface area contributed by atoms with Crippen molar-refractivity contribution in [3.63, 3.8) is 0 Å². The summed E-state index contributed by atoms with van der Waals surface area (Å²) in [6, 6.07) is 7.26. The van der Waals surface area contributed by atoms with E-state index < -0.39 is 29.6 Å². The maximum atomic E-state index is 14.0. The Morgan fingerprint density at radius 2 is 1.80 bits per heavy atom. The number of hydrogen-bond donors (Lipinski definition) is 1. The van der Waals surface area contributed by atoms with Crippen LogP contribution in [0, 0.1) is 5.82 Å². The van der Waals surface area contributed by atoms with Crippen LogP contribution in [0.5, 0.6) is 11.5 Å². The molecule has 1 aromatic carbocycles. The molecular weight excluding hydrogens is 519 g/mol. The van der Waals surface area contributed by atoms with Crippen molar-refractivity contribution in [2.24, 2.45) is 0 Å². The summed E-state index contributed by atoms with van der Waals surface area (Å²) < 4.78 is 35.8. The SMILES string of the molecule is COC(=O)c1ccc(F)cc1[C@@H](C)Oc1cc(-c2cc(CCN(C)C(=O)OC(C)(C)C)ncc2OC)cnc1N. The Labute approximate surface area is 233 Å². The lowest BCUT2D eigenvalue weighted by Gasteiger charge is -2.24. The molecule has 40 heavy (non-hydrogen) atoms. The minimum atomic E-state index is -0.762. The summed E-state index contributed by atoms with van der Waals surface area (Å²) in [5.41, 5.74) is 8.01. The predicted octanol–water partition coefficient (Wildman–Crippen LogP) is 5.21. The average Bonchev–Trinajstić information content (AvgIpc) is 2.91. The highest BCUT2D eigenvalue weighted by Gasteiger charge is 2.22. The molecule has 0 aliphatic heterocycles. The van der Waals surface area contributed by atoms with Crippen molar-refractivity contribution >= 4 is 17.9 Å². The molecule has 0 spiro atoms. The van der Waals surface area contributed by atoms with Crippen LogP contribution in [0.15, 0.2) is 42.7 Å². The lowest BCUT2D eigenvalue weighted by atomic mass is 10.0. The molecule has 0 aliphatic rings. The Balaban J connectivity index is 1.87. The van der Waals surface area contributed by atoms with E-state index in [1.54, 1.807) is 32.4 Å². The minimum absolute atomic E-state index is 0.110. The number of carbonyl (C=O) groups excluding carboxylic acids is 2. The molecule has 0 saturated heterocycles. The van der Waals surface area contributed by atoms with Gasteiger partial charge in [-0.05, 0) is 58.0 Å². The van der Waals surface area contributed by atoms with Crippen LogP contribution in [0.2, 0.25) is 0 Å². The lowest BCUT2D eigenvalue weighted by Crippen LogP contribution is -2.35. The number of esters is 1. The largest absolute Gasteiger partial charge is 0.494 e.